The Hall–Kier alpha value is -1.94. The third-order valence-electron chi connectivity index (χ3n) is 3.44. The number of fused-ring (bicyclic) bond motifs is 1. The van der Waals surface area contributed by atoms with Gasteiger partial charge in [-0.15, -0.1) is 0 Å². The molecule has 1 unspecified atom stereocenters. The van der Waals surface area contributed by atoms with Gasteiger partial charge in [-0.2, -0.15) is 0 Å². The number of benzene rings is 1. The predicted octanol–water partition coefficient (Wildman–Crippen LogP) is 2.94. The zero-order chi connectivity index (χ0) is 14.8. The summed E-state index contributed by atoms with van der Waals surface area (Å²) in [5.74, 6) is -0.0659. The van der Waals surface area contributed by atoms with Gasteiger partial charge in [0.2, 0.25) is 5.91 Å². The van der Waals surface area contributed by atoms with E-state index in [2.05, 4.69) is 10.3 Å². The highest BCUT2D eigenvalue weighted by Crippen LogP contribution is 2.23. The van der Waals surface area contributed by atoms with Crippen LogP contribution in [0.1, 0.15) is 27.2 Å². The molecule has 106 valence electrons. The van der Waals surface area contributed by atoms with Crippen molar-refractivity contribution in [3.63, 3.8) is 0 Å². The highest BCUT2D eigenvalue weighted by molar-refractivity contribution is 6.01. The van der Waals surface area contributed by atoms with Crippen molar-refractivity contribution in [1.29, 1.82) is 0 Å². The summed E-state index contributed by atoms with van der Waals surface area (Å²) in [5, 5.41) is 3.87. The molecule has 1 amide bonds. The molecule has 1 atom stereocenters. The van der Waals surface area contributed by atoms with Crippen molar-refractivity contribution < 1.29 is 4.79 Å². The van der Waals surface area contributed by atoms with Crippen LogP contribution in [0.5, 0.6) is 0 Å². The molecule has 0 saturated carbocycles. The van der Waals surface area contributed by atoms with E-state index in [4.69, 9.17) is 5.73 Å². The fourth-order valence-electron chi connectivity index (χ4n) is 1.92. The predicted molar refractivity (Wildman–Crippen MR) is 82.4 cm³/mol. The lowest BCUT2D eigenvalue weighted by molar-refractivity contribution is -0.117. The monoisotopic (exact) mass is 271 g/mol. The van der Waals surface area contributed by atoms with Gasteiger partial charge in [-0.1, -0.05) is 26.8 Å². The summed E-state index contributed by atoms with van der Waals surface area (Å²) in [6, 6.07) is 9.32. The third kappa shape index (κ3) is 3.33. The van der Waals surface area contributed by atoms with Crippen molar-refractivity contribution in [2.24, 2.45) is 11.1 Å². The SMILES string of the molecule is CC(C)(C)C(N)CC(=O)Nc1cccc2ncccc12. The van der Waals surface area contributed by atoms with Crippen LogP contribution < -0.4 is 11.1 Å². The normalized spacial score (nSPS) is 13.2. The van der Waals surface area contributed by atoms with Gasteiger partial charge in [0.15, 0.2) is 0 Å². The van der Waals surface area contributed by atoms with Crippen LogP contribution in [0, 0.1) is 5.41 Å². The number of anilines is 1. The maximum Gasteiger partial charge on any atom is 0.225 e. The van der Waals surface area contributed by atoms with E-state index < -0.39 is 0 Å². The molecule has 1 aromatic heterocycles. The number of carbonyl (C=O) groups excluding carboxylic acids is 1. The summed E-state index contributed by atoms with van der Waals surface area (Å²) in [6.07, 6.45) is 2.05. The van der Waals surface area contributed by atoms with Gasteiger partial charge >= 0.3 is 0 Å². The number of nitrogens with one attached hydrogen (secondary N) is 1. The Morgan fingerprint density at radius 2 is 2.05 bits per heavy atom. The Labute approximate surface area is 119 Å². The Morgan fingerprint density at radius 1 is 1.30 bits per heavy atom. The number of nitrogens with zero attached hydrogens (tertiary/aromatic N) is 1. The van der Waals surface area contributed by atoms with Crippen LogP contribution in [0.2, 0.25) is 0 Å². The second-order valence-corrected chi connectivity index (χ2v) is 6.10. The van der Waals surface area contributed by atoms with Crippen LogP contribution in [-0.4, -0.2) is 16.9 Å². The van der Waals surface area contributed by atoms with Crippen molar-refractivity contribution in [2.45, 2.75) is 33.2 Å². The van der Waals surface area contributed by atoms with Crippen LogP contribution in [0.15, 0.2) is 36.5 Å². The highest BCUT2D eigenvalue weighted by Gasteiger charge is 2.23. The number of nitrogens with two attached hydrogens (primary N) is 1. The van der Waals surface area contributed by atoms with Gasteiger partial charge in [0, 0.05) is 24.0 Å². The Balaban J connectivity index is 2.15. The summed E-state index contributed by atoms with van der Waals surface area (Å²) in [4.78, 5) is 16.4. The van der Waals surface area contributed by atoms with Crippen LogP contribution in [0.3, 0.4) is 0 Å². The smallest absolute Gasteiger partial charge is 0.225 e. The summed E-state index contributed by atoms with van der Waals surface area (Å²) in [5.41, 5.74) is 7.60. The molecule has 0 spiro atoms. The molecule has 1 aromatic carbocycles. The van der Waals surface area contributed by atoms with Gasteiger partial charge in [0.1, 0.15) is 0 Å². The standard InChI is InChI=1S/C16H21N3O/c1-16(2,3)14(17)10-15(20)19-13-8-4-7-12-11(13)6-5-9-18-12/h4-9,14H,10,17H2,1-3H3,(H,19,20). The molecule has 4 heteroatoms. The molecule has 0 aliphatic carbocycles. The average molecular weight is 271 g/mol. The van der Waals surface area contributed by atoms with E-state index in [1.54, 1.807) is 6.20 Å². The number of pyridine rings is 1. The largest absolute Gasteiger partial charge is 0.327 e. The maximum atomic E-state index is 12.1. The van der Waals surface area contributed by atoms with Crippen molar-refractivity contribution in [1.82, 2.24) is 4.98 Å². The molecule has 0 fully saturated rings. The lowest BCUT2D eigenvalue weighted by Gasteiger charge is -2.26. The molecule has 0 bridgehead atoms. The summed E-state index contributed by atoms with van der Waals surface area (Å²) in [6.45, 7) is 6.10. The molecule has 0 radical (unpaired) electrons. The minimum absolute atomic E-state index is 0.0659. The first kappa shape index (κ1) is 14.5. The summed E-state index contributed by atoms with van der Waals surface area (Å²) < 4.78 is 0. The molecular weight excluding hydrogens is 250 g/mol. The van der Waals surface area contributed by atoms with Gasteiger partial charge in [-0.05, 0) is 29.7 Å². The molecule has 0 saturated heterocycles. The van der Waals surface area contributed by atoms with Crippen molar-refractivity contribution in [3.8, 4) is 0 Å². The van der Waals surface area contributed by atoms with Crippen LogP contribution >= 0.6 is 0 Å². The average Bonchev–Trinajstić information content (AvgIpc) is 2.38. The lowest BCUT2D eigenvalue weighted by Crippen LogP contribution is -2.38. The molecule has 4 nitrogen and oxygen atoms in total. The first-order chi connectivity index (χ1) is 9.38. The minimum Gasteiger partial charge on any atom is -0.327 e. The number of aromatic nitrogens is 1. The van der Waals surface area contributed by atoms with E-state index in [9.17, 15) is 4.79 Å². The van der Waals surface area contributed by atoms with Gasteiger partial charge in [0.05, 0.1) is 11.2 Å². The first-order valence-corrected chi connectivity index (χ1v) is 6.77. The fourth-order valence-corrected chi connectivity index (χ4v) is 1.92. The van der Waals surface area contributed by atoms with E-state index in [1.165, 1.54) is 0 Å². The third-order valence-corrected chi connectivity index (χ3v) is 3.44. The molecule has 1 heterocycles. The molecule has 20 heavy (non-hydrogen) atoms. The second-order valence-electron chi connectivity index (χ2n) is 6.10. The molecule has 3 N–H and O–H groups in total. The lowest BCUT2D eigenvalue weighted by atomic mass is 9.85. The Morgan fingerprint density at radius 3 is 2.75 bits per heavy atom. The van der Waals surface area contributed by atoms with E-state index in [-0.39, 0.29) is 17.4 Å². The van der Waals surface area contributed by atoms with Crippen LogP contribution in [0.25, 0.3) is 10.9 Å². The number of hydrogen-bond acceptors (Lipinski definition) is 3. The summed E-state index contributed by atoms with van der Waals surface area (Å²) >= 11 is 0. The second kappa shape index (κ2) is 5.59. The van der Waals surface area contributed by atoms with E-state index in [1.807, 2.05) is 51.1 Å². The van der Waals surface area contributed by atoms with Crippen LogP contribution in [0.4, 0.5) is 5.69 Å². The van der Waals surface area contributed by atoms with Gasteiger partial charge in [-0.25, -0.2) is 0 Å². The number of amides is 1. The summed E-state index contributed by atoms with van der Waals surface area (Å²) in [7, 11) is 0. The van der Waals surface area contributed by atoms with E-state index >= 15 is 0 Å². The van der Waals surface area contributed by atoms with Crippen LogP contribution in [-0.2, 0) is 4.79 Å². The number of hydrogen-bond donors (Lipinski definition) is 2. The highest BCUT2D eigenvalue weighted by atomic mass is 16.1. The van der Waals surface area contributed by atoms with Crippen molar-refractivity contribution in [2.75, 3.05) is 5.32 Å². The Bertz CT molecular complexity index is 611. The molecule has 2 rings (SSSR count). The fraction of sp³-hybridized carbons (Fsp3) is 0.375. The molecule has 2 aromatic rings. The molecule has 0 aliphatic heterocycles. The molecule has 0 aliphatic rings. The van der Waals surface area contributed by atoms with E-state index in [0.717, 1.165) is 16.6 Å². The molecular formula is C16H21N3O. The van der Waals surface area contributed by atoms with Gasteiger partial charge in [0.25, 0.3) is 0 Å². The zero-order valence-corrected chi connectivity index (χ0v) is 12.2. The number of carbonyl (C=O) groups is 1. The van der Waals surface area contributed by atoms with Gasteiger partial charge in [-0.3, -0.25) is 9.78 Å². The quantitative estimate of drug-likeness (QED) is 0.901. The number of rotatable bonds is 3. The first-order valence-electron chi connectivity index (χ1n) is 6.77. The minimum atomic E-state index is -0.171. The van der Waals surface area contributed by atoms with E-state index in [0.29, 0.717) is 6.42 Å². The van der Waals surface area contributed by atoms with Gasteiger partial charge < -0.3 is 11.1 Å². The van der Waals surface area contributed by atoms with Crippen molar-refractivity contribution in [3.05, 3.63) is 36.5 Å². The van der Waals surface area contributed by atoms with Crippen molar-refractivity contribution >= 4 is 22.5 Å². The zero-order valence-electron chi connectivity index (χ0n) is 12.2. The topological polar surface area (TPSA) is 68.0 Å². The maximum absolute atomic E-state index is 12.1. The Kier molecular flexibility index (Phi) is 4.04.